The lowest BCUT2D eigenvalue weighted by Crippen LogP contribution is -2.46. The molecule has 1 saturated heterocycles. The Morgan fingerprint density at radius 1 is 1.00 bits per heavy atom. The molecule has 0 aromatic heterocycles. The van der Waals surface area contributed by atoms with E-state index in [0.29, 0.717) is 5.06 Å². The van der Waals surface area contributed by atoms with Gasteiger partial charge >= 0.3 is 5.97 Å². The normalized spacial score (nSPS) is 18.5. The number of likely N-dealkylation sites (tertiary alicyclic amines) is 1. The molecule has 0 spiro atoms. The van der Waals surface area contributed by atoms with E-state index in [2.05, 4.69) is 0 Å². The molecule has 2 aliphatic heterocycles. The fraction of sp³-hybridized carbons (Fsp3) is 0.267. The summed E-state index contributed by atoms with van der Waals surface area (Å²) in [7, 11) is 0. The van der Waals surface area contributed by atoms with E-state index in [9.17, 15) is 24.0 Å². The summed E-state index contributed by atoms with van der Waals surface area (Å²) in [6.45, 7) is 1.31. The highest BCUT2D eigenvalue weighted by atomic mass is 16.7. The van der Waals surface area contributed by atoms with Crippen LogP contribution in [0.15, 0.2) is 24.3 Å². The molecule has 0 bridgehead atoms. The summed E-state index contributed by atoms with van der Waals surface area (Å²) in [5.74, 6) is -3.51. The SMILES string of the molecule is CC(C(=O)ON1C(=O)c2ccccc2C1=O)N1C(=O)CCC1=O. The van der Waals surface area contributed by atoms with Crippen LogP contribution in [0.3, 0.4) is 0 Å². The van der Waals surface area contributed by atoms with Crippen LogP contribution in [0.5, 0.6) is 0 Å². The van der Waals surface area contributed by atoms with Gasteiger partial charge in [-0.25, -0.2) is 4.79 Å². The monoisotopic (exact) mass is 316 g/mol. The Kier molecular flexibility index (Phi) is 3.44. The van der Waals surface area contributed by atoms with E-state index in [-0.39, 0.29) is 24.0 Å². The van der Waals surface area contributed by atoms with Crippen LogP contribution >= 0.6 is 0 Å². The number of carbonyl (C=O) groups excluding carboxylic acids is 5. The second-order valence-corrected chi connectivity index (χ2v) is 5.19. The summed E-state index contributed by atoms with van der Waals surface area (Å²) < 4.78 is 0. The topological polar surface area (TPSA) is 101 Å². The number of benzene rings is 1. The number of hydrogen-bond donors (Lipinski definition) is 0. The highest BCUT2D eigenvalue weighted by Crippen LogP contribution is 2.24. The Morgan fingerprint density at radius 3 is 1.96 bits per heavy atom. The van der Waals surface area contributed by atoms with Crippen LogP contribution in [-0.4, -0.2) is 45.6 Å². The maximum absolute atomic E-state index is 12.1. The highest BCUT2D eigenvalue weighted by Gasteiger charge is 2.42. The fourth-order valence-electron chi connectivity index (χ4n) is 2.55. The zero-order chi connectivity index (χ0) is 16.7. The molecule has 8 nitrogen and oxygen atoms in total. The first kappa shape index (κ1) is 14.9. The lowest BCUT2D eigenvalue weighted by molar-refractivity contribution is -0.176. The van der Waals surface area contributed by atoms with Crippen molar-refractivity contribution in [3.63, 3.8) is 0 Å². The van der Waals surface area contributed by atoms with Crippen molar-refractivity contribution in [3.05, 3.63) is 35.4 Å². The molecule has 8 heteroatoms. The van der Waals surface area contributed by atoms with Crippen LogP contribution < -0.4 is 0 Å². The third-order valence-electron chi connectivity index (χ3n) is 3.76. The number of nitrogens with zero attached hydrogens (tertiary/aromatic N) is 2. The first-order valence-electron chi connectivity index (χ1n) is 6.96. The van der Waals surface area contributed by atoms with Gasteiger partial charge in [0.15, 0.2) is 0 Å². The van der Waals surface area contributed by atoms with Gasteiger partial charge in [-0.3, -0.25) is 24.1 Å². The summed E-state index contributed by atoms with van der Waals surface area (Å²) in [5, 5.41) is 0.356. The van der Waals surface area contributed by atoms with E-state index in [4.69, 9.17) is 4.84 Å². The molecule has 0 saturated carbocycles. The third-order valence-corrected chi connectivity index (χ3v) is 3.76. The number of hydroxylamine groups is 2. The quantitative estimate of drug-likeness (QED) is 0.742. The van der Waals surface area contributed by atoms with Crippen LogP contribution in [-0.2, 0) is 19.2 Å². The Bertz CT molecular complexity index is 705. The van der Waals surface area contributed by atoms with Gasteiger partial charge < -0.3 is 4.84 Å². The molecule has 1 fully saturated rings. The molecule has 0 N–H and O–H groups in total. The largest absolute Gasteiger partial charge is 0.355 e. The van der Waals surface area contributed by atoms with Gasteiger partial charge in [-0.05, 0) is 19.1 Å². The molecule has 1 unspecified atom stereocenters. The summed E-state index contributed by atoms with van der Waals surface area (Å²) in [4.78, 5) is 65.2. The van der Waals surface area contributed by atoms with Crippen molar-refractivity contribution >= 4 is 29.6 Å². The maximum Gasteiger partial charge on any atom is 0.355 e. The van der Waals surface area contributed by atoms with Gasteiger partial charge in [0, 0.05) is 12.8 Å². The van der Waals surface area contributed by atoms with Crippen molar-refractivity contribution in [3.8, 4) is 0 Å². The van der Waals surface area contributed by atoms with Crippen molar-refractivity contribution < 1.29 is 28.8 Å². The lowest BCUT2D eigenvalue weighted by Gasteiger charge is -2.22. The molecule has 0 radical (unpaired) electrons. The van der Waals surface area contributed by atoms with Crippen LogP contribution in [0.2, 0.25) is 0 Å². The predicted molar refractivity (Wildman–Crippen MR) is 73.6 cm³/mol. The van der Waals surface area contributed by atoms with Crippen molar-refractivity contribution in [2.75, 3.05) is 0 Å². The number of imide groups is 2. The van der Waals surface area contributed by atoms with Crippen molar-refractivity contribution in [1.82, 2.24) is 9.96 Å². The first-order chi connectivity index (χ1) is 10.9. The van der Waals surface area contributed by atoms with E-state index in [1.807, 2.05) is 0 Å². The molecule has 118 valence electrons. The van der Waals surface area contributed by atoms with Crippen molar-refractivity contribution in [2.45, 2.75) is 25.8 Å². The fourth-order valence-corrected chi connectivity index (χ4v) is 2.55. The van der Waals surface area contributed by atoms with Gasteiger partial charge in [0.2, 0.25) is 11.8 Å². The van der Waals surface area contributed by atoms with E-state index >= 15 is 0 Å². The maximum atomic E-state index is 12.1. The second-order valence-electron chi connectivity index (χ2n) is 5.19. The predicted octanol–water partition coefficient (Wildman–Crippen LogP) is 0.278. The van der Waals surface area contributed by atoms with Crippen molar-refractivity contribution in [2.24, 2.45) is 0 Å². The number of rotatable bonds is 3. The molecule has 2 aliphatic rings. The zero-order valence-electron chi connectivity index (χ0n) is 12.1. The standard InChI is InChI=1S/C15H12N2O6/c1-8(16-11(18)6-7-12(16)19)15(22)23-17-13(20)9-4-2-3-5-10(9)14(17)21/h2-5,8H,6-7H2,1H3. The van der Waals surface area contributed by atoms with Gasteiger partial charge in [0.25, 0.3) is 11.8 Å². The van der Waals surface area contributed by atoms with E-state index in [1.54, 1.807) is 12.1 Å². The van der Waals surface area contributed by atoms with Crippen LogP contribution in [0.1, 0.15) is 40.5 Å². The number of hydrogen-bond acceptors (Lipinski definition) is 6. The minimum Gasteiger partial charge on any atom is -0.327 e. The molecule has 23 heavy (non-hydrogen) atoms. The Morgan fingerprint density at radius 2 is 1.48 bits per heavy atom. The third kappa shape index (κ3) is 2.28. The van der Waals surface area contributed by atoms with Crippen LogP contribution in [0.25, 0.3) is 0 Å². The molecule has 3 rings (SSSR count). The Labute approximate surface area is 130 Å². The van der Waals surface area contributed by atoms with Crippen molar-refractivity contribution in [1.29, 1.82) is 0 Å². The van der Waals surface area contributed by atoms with E-state index in [0.717, 1.165) is 4.90 Å². The number of amides is 4. The first-order valence-corrected chi connectivity index (χ1v) is 6.96. The molecule has 1 aromatic carbocycles. The second kappa shape index (κ2) is 5.31. The molecule has 4 amide bonds. The average Bonchev–Trinajstić information content (AvgIpc) is 2.99. The lowest BCUT2D eigenvalue weighted by atomic mass is 10.1. The molecular weight excluding hydrogens is 304 g/mol. The summed E-state index contributed by atoms with van der Waals surface area (Å²) >= 11 is 0. The average molecular weight is 316 g/mol. The highest BCUT2D eigenvalue weighted by molar-refractivity contribution is 6.21. The molecule has 2 heterocycles. The van der Waals surface area contributed by atoms with E-state index < -0.39 is 35.6 Å². The van der Waals surface area contributed by atoms with Gasteiger partial charge in [0.05, 0.1) is 11.1 Å². The summed E-state index contributed by atoms with van der Waals surface area (Å²) in [5.41, 5.74) is 0.262. The summed E-state index contributed by atoms with van der Waals surface area (Å²) in [6.07, 6.45) is 0.0624. The van der Waals surface area contributed by atoms with Crippen LogP contribution in [0, 0.1) is 0 Å². The Hall–Kier alpha value is -3.03. The van der Waals surface area contributed by atoms with E-state index in [1.165, 1.54) is 19.1 Å². The number of carbonyl (C=O) groups is 5. The Balaban J connectivity index is 1.77. The molecule has 1 atom stereocenters. The molecule has 0 aliphatic carbocycles. The minimum absolute atomic E-state index is 0.0312. The molecular formula is C15H12N2O6. The molecule has 1 aromatic rings. The smallest absolute Gasteiger partial charge is 0.327 e. The minimum atomic E-state index is -1.21. The zero-order valence-corrected chi connectivity index (χ0v) is 12.1. The summed E-state index contributed by atoms with van der Waals surface area (Å²) in [6, 6.07) is 4.85. The van der Waals surface area contributed by atoms with Gasteiger partial charge in [-0.15, -0.1) is 0 Å². The van der Waals surface area contributed by atoms with Gasteiger partial charge in [-0.1, -0.05) is 17.2 Å². The van der Waals surface area contributed by atoms with Gasteiger partial charge in [0.1, 0.15) is 6.04 Å². The van der Waals surface area contributed by atoms with Crippen LogP contribution in [0.4, 0.5) is 0 Å². The number of fused-ring (bicyclic) bond motifs is 1. The van der Waals surface area contributed by atoms with Gasteiger partial charge in [-0.2, -0.15) is 0 Å².